The van der Waals surface area contributed by atoms with Crippen LogP contribution in [-0.2, 0) is 11.4 Å². The molecule has 3 aromatic rings. The maximum absolute atomic E-state index is 12.6. The van der Waals surface area contributed by atoms with E-state index in [0.717, 1.165) is 11.1 Å². The van der Waals surface area contributed by atoms with Gasteiger partial charge in [-0.05, 0) is 54.5 Å². The zero-order valence-electron chi connectivity index (χ0n) is 16.2. The third-order valence-electron chi connectivity index (χ3n) is 4.33. The van der Waals surface area contributed by atoms with Crippen LogP contribution in [0, 0.1) is 18.3 Å². The third-order valence-corrected chi connectivity index (χ3v) is 4.94. The summed E-state index contributed by atoms with van der Waals surface area (Å²) in [4.78, 5) is 12.6. The Kier molecular flexibility index (Phi) is 7.13. The SMILES string of the molecule is Cc1ccc(Cl)cc1NC(=O)/C(C#N)=C\c1cccc(OCc2ccccc2Cl)c1. The molecule has 0 unspecified atom stereocenters. The number of halogens is 2. The maximum Gasteiger partial charge on any atom is 0.266 e. The summed E-state index contributed by atoms with van der Waals surface area (Å²) in [5.74, 6) is 0.0947. The van der Waals surface area contributed by atoms with Crippen molar-refractivity contribution in [1.82, 2.24) is 0 Å². The maximum atomic E-state index is 12.6. The fourth-order valence-electron chi connectivity index (χ4n) is 2.70. The van der Waals surface area contributed by atoms with Gasteiger partial charge in [0.05, 0.1) is 0 Å². The third kappa shape index (κ3) is 5.64. The molecule has 0 aromatic heterocycles. The Morgan fingerprint density at radius 3 is 2.67 bits per heavy atom. The van der Waals surface area contributed by atoms with Gasteiger partial charge in [-0.1, -0.05) is 59.6 Å². The number of carbonyl (C=O) groups is 1. The van der Waals surface area contributed by atoms with Gasteiger partial charge in [0, 0.05) is 21.3 Å². The van der Waals surface area contributed by atoms with E-state index >= 15 is 0 Å². The quantitative estimate of drug-likeness (QED) is 0.357. The standard InChI is InChI=1S/C24H18Cl2N2O2/c1-16-9-10-20(25)13-23(16)28-24(29)19(14-27)11-17-5-4-7-21(12-17)30-15-18-6-2-3-8-22(18)26/h2-13H,15H2,1H3,(H,28,29)/b19-11-. The molecule has 0 saturated heterocycles. The molecule has 0 heterocycles. The second-order valence-electron chi connectivity index (χ2n) is 6.54. The average Bonchev–Trinajstić information content (AvgIpc) is 2.74. The van der Waals surface area contributed by atoms with Gasteiger partial charge in [-0.15, -0.1) is 0 Å². The van der Waals surface area contributed by atoms with E-state index in [4.69, 9.17) is 27.9 Å². The van der Waals surface area contributed by atoms with Crippen molar-refractivity contribution in [3.8, 4) is 11.8 Å². The van der Waals surface area contributed by atoms with Crippen molar-refractivity contribution in [2.45, 2.75) is 13.5 Å². The summed E-state index contributed by atoms with van der Waals surface area (Å²) in [6.07, 6.45) is 1.51. The van der Waals surface area contributed by atoms with Gasteiger partial charge in [0.1, 0.15) is 24.0 Å². The molecule has 0 radical (unpaired) electrons. The van der Waals surface area contributed by atoms with Gasteiger partial charge in [0.25, 0.3) is 5.91 Å². The number of hydrogen-bond donors (Lipinski definition) is 1. The summed E-state index contributed by atoms with van der Waals surface area (Å²) >= 11 is 12.1. The Hall–Kier alpha value is -3.26. The highest BCUT2D eigenvalue weighted by molar-refractivity contribution is 6.31. The van der Waals surface area contributed by atoms with E-state index in [-0.39, 0.29) is 5.57 Å². The summed E-state index contributed by atoms with van der Waals surface area (Å²) in [7, 11) is 0. The molecule has 1 amide bonds. The van der Waals surface area contributed by atoms with Crippen molar-refractivity contribution in [3.63, 3.8) is 0 Å². The van der Waals surface area contributed by atoms with Crippen LogP contribution in [0.4, 0.5) is 5.69 Å². The Morgan fingerprint density at radius 1 is 1.10 bits per heavy atom. The lowest BCUT2D eigenvalue weighted by atomic mass is 10.1. The molecule has 0 atom stereocenters. The predicted molar refractivity (Wildman–Crippen MR) is 121 cm³/mol. The van der Waals surface area contributed by atoms with E-state index in [1.54, 1.807) is 48.5 Å². The van der Waals surface area contributed by atoms with Gasteiger partial charge in [0.15, 0.2) is 0 Å². The Bertz CT molecular complexity index is 1150. The number of hydrogen-bond acceptors (Lipinski definition) is 3. The summed E-state index contributed by atoms with van der Waals surface area (Å²) in [6, 6.07) is 21.7. The normalized spacial score (nSPS) is 10.9. The molecule has 3 aromatic carbocycles. The average molecular weight is 437 g/mol. The molecular formula is C24H18Cl2N2O2. The van der Waals surface area contributed by atoms with E-state index < -0.39 is 5.91 Å². The second kappa shape index (κ2) is 9.98. The Morgan fingerprint density at radius 2 is 1.90 bits per heavy atom. The fourth-order valence-corrected chi connectivity index (χ4v) is 3.07. The van der Waals surface area contributed by atoms with Crippen molar-refractivity contribution in [1.29, 1.82) is 5.26 Å². The van der Waals surface area contributed by atoms with Crippen molar-refractivity contribution < 1.29 is 9.53 Å². The first-order valence-electron chi connectivity index (χ1n) is 9.12. The molecule has 0 aliphatic rings. The van der Waals surface area contributed by atoms with Gasteiger partial charge < -0.3 is 10.1 Å². The van der Waals surface area contributed by atoms with Crippen molar-refractivity contribution in [2.24, 2.45) is 0 Å². The lowest BCUT2D eigenvalue weighted by Crippen LogP contribution is -2.14. The lowest BCUT2D eigenvalue weighted by Gasteiger charge is -2.09. The van der Waals surface area contributed by atoms with Crippen molar-refractivity contribution >= 4 is 40.9 Å². The van der Waals surface area contributed by atoms with Crippen LogP contribution in [0.3, 0.4) is 0 Å². The molecular weight excluding hydrogens is 419 g/mol. The molecule has 30 heavy (non-hydrogen) atoms. The monoisotopic (exact) mass is 436 g/mol. The number of aryl methyl sites for hydroxylation is 1. The van der Waals surface area contributed by atoms with E-state index in [0.29, 0.717) is 33.7 Å². The van der Waals surface area contributed by atoms with Gasteiger partial charge in [-0.2, -0.15) is 5.26 Å². The highest BCUT2D eigenvalue weighted by Crippen LogP contribution is 2.22. The van der Waals surface area contributed by atoms with Crippen LogP contribution in [0.2, 0.25) is 10.0 Å². The number of benzene rings is 3. The van der Waals surface area contributed by atoms with Gasteiger partial charge in [-0.25, -0.2) is 0 Å². The molecule has 0 saturated carbocycles. The Balaban J connectivity index is 1.75. The topological polar surface area (TPSA) is 62.1 Å². The van der Waals surface area contributed by atoms with Crippen LogP contribution in [0.25, 0.3) is 6.08 Å². The van der Waals surface area contributed by atoms with Crippen LogP contribution in [-0.4, -0.2) is 5.91 Å². The van der Waals surface area contributed by atoms with E-state index in [1.165, 1.54) is 6.08 Å². The lowest BCUT2D eigenvalue weighted by molar-refractivity contribution is -0.112. The number of anilines is 1. The zero-order valence-corrected chi connectivity index (χ0v) is 17.7. The molecule has 4 nitrogen and oxygen atoms in total. The molecule has 1 N–H and O–H groups in total. The van der Waals surface area contributed by atoms with Crippen LogP contribution >= 0.6 is 23.2 Å². The summed E-state index contributed by atoms with van der Waals surface area (Å²) in [5, 5.41) is 13.3. The van der Waals surface area contributed by atoms with Crippen LogP contribution in [0.5, 0.6) is 5.75 Å². The number of nitrogens with zero attached hydrogens (tertiary/aromatic N) is 1. The van der Waals surface area contributed by atoms with Crippen LogP contribution < -0.4 is 10.1 Å². The zero-order chi connectivity index (χ0) is 21.5. The minimum Gasteiger partial charge on any atom is -0.489 e. The molecule has 0 aliphatic carbocycles. The molecule has 3 rings (SSSR count). The molecule has 150 valence electrons. The number of amides is 1. The molecule has 6 heteroatoms. The van der Waals surface area contributed by atoms with Crippen LogP contribution in [0.15, 0.2) is 72.3 Å². The van der Waals surface area contributed by atoms with Gasteiger partial charge in [0.2, 0.25) is 0 Å². The number of nitrogens with one attached hydrogen (secondary N) is 1. The largest absolute Gasteiger partial charge is 0.489 e. The van der Waals surface area contributed by atoms with Crippen LogP contribution in [0.1, 0.15) is 16.7 Å². The first-order valence-corrected chi connectivity index (χ1v) is 9.87. The van der Waals surface area contributed by atoms with Crippen molar-refractivity contribution in [3.05, 3.63) is 99.0 Å². The highest BCUT2D eigenvalue weighted by atomic mass is 35.5. The first kappa shape index (κ1) is 21.4. The minimum atomic E-state index is -0.509. The number of carbonyl (C=O) groups excluding carboxylic acids is 1. The van der Waals surface area contributed by atoms with Gasteiger partial charge in [-0.3, -0.25) is 4.79 Å². The molecule has 0 bridgehead atoms. The first-order chi connectivity index (χ1) is 14.5. The summed E-state index contributed by atoms with van der Waals surface area (Å²) in [5.41, 5.74) is 2.92. The van der Waals surface area contributed by atoms with Gasteiger partial charge >= 0.3 is 0 Å². The molecule has 0 fully saturated rings. The van der Waals surface area contributed by atoms with E-state index in [9.17, 15) is 10.1 Å². The van der Waals surface area contributed by atoms with Crippen molar-refractivity contribution in [2.75, 3.05) is 5.32 Å². The number of nitriles is 1. The summed E-state index contributed by atoms with van der Waals surface area (Å²) < 4.78 is 5.80. The Labute approximate surface area is 185 Å². The number of ether oxygens (including phenoxy) is 1. The fraction of sp³-hybridized carbons (Fsp3) is 0.0833. The highest BCUT2D eigenvalue weighted by Gasteiger charge is 2.11. The second-order valence-corrected chi connectivity index (χ2v) is 7.38. The molecule has 0 spiro atoms. The predicted octanol–water partition coefficient (Wildman–Crippen LogP) is 6.43. The minimum absolute atomic E-state index is 0.0300. The van der Waals surface area contributed by atoms with E-state index in [1.807, 2.05) is 31.2 Å². The smallest absolute Gasteiger partial charge is 0.266 e. The number of rotatable bonds is 6. The van der Waals surface area contributed by atoms with E-state index in [2.05, 4.69) is 5.32 Å². The summed E-state index contributed by atoms with van der Waals surface area (Å²) in [6.45, 7) is 2.16. The molecule has 0 aliphatic heterocycles.